The molecule has 1 heterocycles. The lowest BCUT2D eigenvalue weighted by molar-refractivity contribution is -0.130. The Labute approximate surface area is 99.6 Å². The second-order valence-corrected chi connectivity index (χ2v) is 5.28. The Kier molecular flexibility index (Phi) is 2.49. The van der Waals surface area contributed by atoms with Gasteiger partial charge in [0.05, 0.1) is 13.1 Å². The van der Waals surface area contributed by atoms with Gasteiger partial charge in [-0.25, -0.2) is 0 Å². The SMILES string of the molecule is Cn1nnc(CC2(C#N)CCC(C)(C)C2=O)n1. The number of Topliss-reactive ketones (excluding diaryl/α,β-unsaturated/α-hetero) is 1. The molecule has 1 aliphatic rings. The van der Waals surface area contributed by atoms with Crippen LogP contribution in [0.3, 0.4) is 0 Å². The third kappa shape index (κ3) is 1.82. The van der Waals surface area contributed by atoms with Crippen LogP contribution >= 0.6 is 0 Å². The summed E-state index contributed by atoms with van der Waals surface area (Å²) >= 11 is 0. The van der Waals surface area contributed by atoms with Crippen LogP contribution in [-0.4, -0.2) is 26.0 Å². The van der Waals surface area contributed by atoms with Crippen LogP contribution in [0.25, 0.3) is 0 Å². The summed E-state index contributed by atoms with van der Waals surface area (Å²) in [5.41, 5.74) is -1.38. The second kappa shape index (κ2) is 3.62. The van der Waals surface area contributed by atoms with E-state index in [0.29, 0.717) is 12.2 Å². The predicted molar refractivity (Wildman–Crippen MR) is 58.6 cm³/mol. The van der Waals surface area contributed by atoms with Gasteiger partial charge in [0, 0.05) is 11.8 Å². The van der Waals surface area contributed by atoms with Gasteiger partial charge in [-0.05, 0) is 18.1 Å². The van der Waals surface area contributed by atoms with Gasteiger partial charge in [-0.1, -0.05) is 13.8 Å². The summed E-state index contributed by atoms with van der Waals surface area (Å²) in [6.45, 7) is 3.77. The first-order valence-corrected chi connectivity index (χ1v) is 5.59. The number of carbonyl (C=O) groups is 1. The highest BCUT2D eigenvalue weighted by atomic mass is 16.1. The van der Waals surface area contributed by atoms with E-state index < -0.39 is 10.8 Å². The molecule has 6 heteroatoms. The van der Waals surface area contributed by atoms with E-state index in [1.165, 1.54) is 4.80 Å². The van der Waals surface area contributed by atoms with Gasteiger partial charge in [-0.2, -0.15) is 10.1 Å². The lowest BCUT2D eigenvalue weighted by atomic mass is 9.78. The molecule has 0 bridgehead atoms. The normalized spacial score (nSPS) is 27.1. The van der Waals surface area contributed by atoms with Crippen LogP contribution in [0.15, 0.2) is 0 Å². The van der Waals surface area contributed by atoms with Crippen LogP contribution < -0.4 is 0 Å². The second-order valence-electron chi connectivity index (χ2n) is 5.28. The number of hydrogen-bond donors (Lipinski definition) is 0. The minimum atomic E-state index is -0.966. The molecule has 1 atom stereocenters. The van der Waals surface area contributed by atoms with Crippen molar-refractivity contribution in [3.63, 3.8) is 0 Å². The largest absolute Gasteiger partial charge is 0.297 e. The third-order valence-corrected chi connectivity index (χ3v) is 3.45. The fraction of sp³-hybridized carbons (Fsp3) is 0.727. The van der Waals surface area contributed by atoms with Crippen LogP contribution in [0.2, 0.25) is 0 Å². The summed E-state index contributed by atoms with van der Waals surface area (Å²) in [5, 5.41) is 20.9. The van der Waals surface area contributed by atoms with Crippen molar-refractivity contribution in [1.82, 2.24) is 20.2 Å². The molecule has 2 rings (SSSR count). The molecule has 0 N–H and O–H groups in total. The first kappa shape index (κ1) is 11.7. The van der Waals surface area contributed by atoms with Crippen molar-refractivity contribution in [1.29, 1.82) is 5.26 Å². The number of ketones is 1. The fourth-order valence-corrected chi connectivity index (χ4v) is 2.38. The van der Waals surface area contributed by atoms with E-state index in [1.54, 1.807) is 7.05 Å². The summed E-state index contributed by atoms with van der Waals surface area (Å²) in [5.74, 6) is 0.458. The van der Waals surface area contributed by atoms with Crippen LogP contribution in [0.1, 0.15) is 32.5 Å². The van der Waals surface area contributed by atoms with Crippen LogP contribution in [0.4, 0.5) is 0 Å². The van der Waals surface area contributed by atoms with Gasteiger partial charge in [0.15, 0.2) is 11.6 Å². The lowest BCUT2D eigenvalue weighted by Gasteiger charge is -2.20. The van der Waals surface area contributed by atoms with E-state index >= 15 is 0 Å². The van der Waals surface area contributed by atoms with Gasteiger partial charge >= 0.3 is 0 Å². The van der Waals surface area contributed by atoms with E-state index in [2.05, 4.69) is 21.5 Å². The molecule has 0 amide bonds. The van der Waals surface area contributed by atoms with Gasteiger partial charge in [0.25, 0.3) is 0 Å². The number of rotatable bonds is 2. The summed E-state index contributed by atoms with van der Waals surface area (Å²) in [7, 11) is 1.66. The molecule has 1 aromatic heterocycles. The summed E-state index contributed by atoms with van der Waals surface area (Å²) in [6, 6.07) is 2.17. The summed E-state index contributed by atoms with van der Waals surface area (Å²) in [4.78, 5) is 13.6. The quantitative estimate of drug-likeness (QED) is 0.748. The van der Waals surface area contributed by atoms with E-state index in [-0.39, 0.29) is 12.2 Å². The number of hydrogen-bond acceptors (Lipinski definition) is 5. The molecule has 0 radical (unpaired) electrons. The van der Waals surface area contributed by atoms with Gasteiger partial charge in [0.1, 0.15) is 5.41 Å². The number of aromatic nitrogens is 4. The molecule has 6 nitrogen and oxygen atoms in total. The van der Waals surface area contributed by atoms with Crippen molar-refractivity contribution in [3.8, 4) is 6.07 Å². The smallest absolute Gasteiger partial charge is 0.176 e. The molecule has 1 fully saturated rings. The van der Waals surface area contributed by atoms with E-state index in [9.17, 15) is 10.1 Å². The van der Waals surface area contributed by atoms with Crippen molar-refractivity contribution >= 4 is 5.78 Å². The average molecular weight is 233 g/mol. The number of nitriles is 1. The van der Waals surface area contributed by atoms with Gasteiger partial charge in [-0.15, -0.1) is 10.2 Å². The molecule has 1 aliphatic carbocycles. The van der Waals surface area contributed by atoms with Crippen molar-refractivity contribution in [2.45, 2.75) is 33.1 Å². The van der Waals surface area contributed by atoms with E-state index in [0.717, 1.165) is 6.42 Å². The zero-order chi connectivity index (χ0) is 12.7. The third-order valence-electron chi connectivity index (χ3n) is 3.45. The molecular weight excluding hydrogens is 218 g/mol. The maximum atomic E-state index is 12.3. The molecule has 0 aliphatic heterocycles. The Balaban J connectivity index is 2.29. The monoisotopic (exact) mass is 233 g/mol. The van der Waals surface area contributed by atoms with Crippen LogP contribution in [0.5, 0.6) is 0 Å². The van der Waals surface area contributed by atoms with Crippen molar-refractivity contribution in [2.24, 2.45) is 17.9 Å². The highest BCUT2D eigenvalue weighted by Gasteiger charge is 2.52. The Bertz CT molecular complexity index is 498. The fourth-order valence-electron chi connectivity index (χ4n) is 2.38. The summed E-state index contributed by atoms with van der Waals surface area (Å²) in [6.07, 6.45) is 1.58. The first-order chi connectivity index (χ1) is 7.89. The zero-order valence-corrected chi connectivity index (χ0v) is 10.3. The number of tetrazole rings is 1. The minimum absolute atomic E-state index is 0.0000435. The van der Waals surface area contributed by atoms with Crippen molar-refractivity contribution in [3.05, 3.63) is 5.82 Å². The van der Waals surface area contributed by atoms with Gasteiger partial charge in [-0.3, -0.25) is 4.79 Å². The molecule has 1 saturated carbocycles. The standard InChI is InChI=1S/C11H15N5O/c1-10(2)4-5-11(7-12,9(10)17)6-8-13-15-16(3)14-8/h4-6H2,1-3H3. The minimum Gasteiger partial charge on any atom is -0.297 e. The molecule has 0 spiro atoms. The molecular formula is C11H15N5O. The van der Waals surface area contributed by atoms with Gasteiger partial charge < -0.3 is 0 Å². The zero-order valence-electron chi connectivity index (χ0n) is 10.3. The molecule has 0 saturated heterocycles. The molecule has 0 aromatic carbocycles. The van der Waals surface area contributed by atoms with E-state index in [4.69, 9.17) is 0 Å². The predicted octanol–water partition coefficient (Wildman–Crippen LogP) is 0.652. The number of carbonyl (C=O) groups excluding carboxylic acids is 1. The molecule has 17 heavy (non-hydrogen) atoms. The first-order valence-electron chi connectivity index (χ1n) is 5.59. The molecule has 90 valence electrons. The Hall–Kier alpha value is -1.77. The van der Waals surface area contributed by atoms with Crippen molar-refractivity contribution in [2.75, 3.05) is 0 Å². The van der Waals surface area contributed by atoms with Crippen LogP contribution in [0, 0.1) is 22.2 Å². The lowest BCUT2D eigenvalue weighted by Crippen LogP contribution is -2.33. The topological polar surface area (TPSA) is 84.5 Å². The number of aryl methyl sites for hydroxylation is 1. The maximum Gasteiger partial charge on any atom is 0.176 e. The van der Waals surface area contributed by atoms with E-state index in [1.807, 2.05) is 13.8 Å². The molecule has 1 aromatic rings. The average Bonchev–Trinajstić information content (AvgIpc) is 2.77. The summed E-state index contributed by atoms with van der Waals surface area (Å²) < 4.78 is 0. The Morgan fingerprint density at radius 3 is 2.59 bits per heavy atom. The highest BCUT2D eigenvalue weighted by molar-refractivity contribution is 5.94. The molecule has 1 unspecified atom stereocenters. The van der Waals surface area contributed by atoms with Gasteiger partial charge in [0.2, 0.25) is 0 Å². The van der Waals surface area contributed by atoms with Crippen LogP contribution in [-0.2, 0) is 18.3 Å². The number of nitrogens with zero attached hydrogens (tertiary/aromatic N) is 5. The van der Waals surface area contributed by atoms with Crippen molar-refractivity contribution < 1.29 is 4.79 Å². The maximum absolute atomic E-state index is 12.3. The Morgan fingerprint density at radius 1 is 1.47 bits per heavy atom. The Morgan fingerprint density at radius 2 is 2.18 bits per heavy atom. The highest BCUT2D eigenvalue weighted by Crippen LogP contribution is 2.46.